The molecule has 0 spiro atoms. The Morgan fingerprint density at radius 1 is 0.857 bits per heavy atom. The van der Waals surface area contributed by atoms with Crippen molar-refractivity contribution in [3.05, 3.63) is 0 Å². The number of carboxylic acids is 2. The first-order valence-electron chi connectivity index (χ1n) is 4.55. The summed E-state index contributed by atoms with van der Waals surface area (Å²) in [5, 5.41) is 17.6. The minimum absolute atomic E-state index is 0. The second-order valence-electron chi connectivity index (χ2n) is 4.12. The third kappa shape index (κ3) is 1.59. The van der Waals surface area contributed by atoms with Crippen molar-refractivity contribution in [3.8, 4) is 0 Å². The molecule has 0 aromatic rings. The maximum absolute atomic E-state index is 10.7. The van der Waals surface area contributed by atoms with Crippen LogP contribution in [0.1, 0.15) is 19.3 Å². The average Bonchev–Trinajstić information content (AvgIpc) is 2.60. The van der Waals surface area contributed by atoms with E-state index in [1.54, 1.807) is 0 Å². The van der Waals surface area contributed by atoms with Crippen LogP contribution in [0.15, 0.2) is 0 Å². The van der Waals surface area contributed by atoms with Crippen LogP contribution in [0, 0.1) is 23.7 Å². The van der Waals surface area contributed by atoms with Gasteiger partial charge in [-0.3, -0.25) is 9.59 Å². The first-order valence-corrected chi connectivity index (χ1v) is 4.55. The molecule has 0 heterocycles. The zero-order valence-electron chi connectivity index (χ0n) is 7.55. The van der Waals surface area contributed by atoms with E-state index in [1.807, 2.05) is 0 Å². The van der Waals surface area contributed by atoms with Crippen molar-refractivity contribution in [3.63, 3.8) is 0 Å². The fraction of sp³-hybridized carbons (Fsp3) is 0.778. The van der Waals surface area contributed by atoms with Crippen LogP contribution in [-0.2, 0) is 9.59 Å². The Balaban J connectivity index is 0.000000980. The largest absolute Gasteiger partial charge is 0.481 e. The molecule has 0 aromatic carbocycles. The third-order valence-electron chi connectivity index (χ3n) is 3.49. The first-order chi connectivity index (χ1) is 6.09. The van der Waals surface area contributed by atoms with Crippen LogP contribution >= 0.6 is 12.4 Å². The molecule has 0 radical (unpaired) electrons. The number of hydrogen-bond acceptors (Lipinski definition) is 2. The SMILES string of the molecule is Cl.O=C(O)C1CC2CC1CC2C(=O)O. The predicted octanol–water partition coefficient (Wildman–Crippen LogP) is 1.24. The molecule has 2 aliphatic rings. The van der Waals surface area contributed by atoms with Gasteiger partial charge in [-0.25, -0.2) is 0 Å². The summed E-state index contributed by atoms with van der Waals surface area (Å²) in [6, 6.07) is 0. The lowest BCUT2D eigenvalue weighted by atomic mass is 9.82. The summed E-state index contributed by atoms with van der Waals surface area (Å²) in [6.45, 7) is 0. The lowest BCUT2D eigenvalue weighted by Crippen LogP contribution is -2.28. The van der Waals surface area contributed by atoms with Gasteiger partial charge in [-0.2, -0.15) is 0 Å². The molecule has 0 saturated heterocycles. The predicted molar refractivity (Wildman–Crippen MR) is 50.3 cm³/mol. The number of carbonyl (C=O) groups is 2. The van der Waals surface area contributed by atoms with Gasteiger partial charge in [0.2, 0.25) is 0 Å². The van der Waals surface area contributed by atoms with E-state index in [-0.39, 0.29) is 36.1 Å². The standard InChI is InChI=1S/C9H12O4.ClH/c10-8(11)6-2-4-1-5(6)3-7(4)9(12)13;/h4-7H,1-3H2,(H,10,11)(H,12,13);1H. The third-order valence-corrected chi connectivity index (χ3v) is 3.49. The molecule has 2 fully saturated rings. The second kappa shape index (κ2) is 3.77. The maximum Gasteiger partial charge on any atom is 0.306 e. The Morgan fingerprint density at radius 2 is 1.21 bits per heavy atom. The molecule has 4 atom stereocenters. The summed E-state index contributed by atoms with van der Waals surface area (Å²) in [5.41, 5.74) is 0. The Kier molecular flexibility index (Phi) is 3.04. The van der Waals surface area contributed by atoms with E-state index >= 15 is 0 Å². The van der Waals surface area contributed by atoms with Gasteiger partial charge >= 0.3 is 11.9 Å². The number of fused-ring (bicyclic) bond motifs is 2. The van der Waals surface area contributed by atoms with Crippen LogP contribution < -0.4 is 0 Å². The molecular formula is C9H13ClO4. The molecule has 14 heavy (non-hydrogen) atoms. The molecule has 4 nitrogen and oxygen atoms in total. The maximum atomic E-state index is 10.7. The van der Waals surface area contributed by atoms with Gasteiger partial charge in [0.05, 0.1) is 11.8 Å². The van der Waals surface area contributed by atoms with Crippen molar-refractivity contribution in [1.82, 2.24) is 0 Å². The van der Waals surface area contributed by atoms with Crippen LogP contribution in [0.3, 0.4) is 0 Å². The van der Waals surface area contributed by atoms with E-state index in [0.29, 0.717) is 12.8 Å². The van der Waals surface area contributed by atoms with Crippen molar-refractivity contribution in [1.29, 1.82) is 0 Å². The van der Waals surface area contributed by atoms with Gasteiger partial charge in [0.15, 0.2) is 0 Å². The van der Waals surface area contributed by atoms with Gasteiger partial charge in [0.25, 0.3) is 0 Å². The van der Waals surface area contributed by atoms with Gasteiger partial charge in [-0.15, -0.1) is 12.4 Å². The van der Waals surface area contributed by atoms with E-state index in [4.69, 9.17) is 10.2 Å². The topological polar surface area (TPSA) is 74.6 Å². The molecule has 80 valence electrons. The number of aliphatic carboxylic acids is 2. The summed E-state index contributed by atoms with van der Waals surface area (Å²) in [4.78, 5) is 21.4. The summed E-state index contributed by atoms with van der Waals surface area (Å²) in [7, 11) is 0. The van der Waals surface area contributed by atoms with Gasteiger partial charge in [0, 0.05) is 0 Å². The monoisotopic (exact) mass is 220 g/mol. The summed E-state index contributed by atoms with van der Waals surface area (Å²) in [6.07, 6.45) is 1.93. The van der Waals surface area contributed by atoms with Crippen LogP contribution in [0.5, 0.6) is 0 Å². The average molecular weight is 221 g/mol. The summed E-state index contributed by atoms with van der Waals surface area (Å²) in [5.74, 6) is -1.83. The molecule has 2 bridgehead atoms. The Labute approximate surface area is 87.7 Å². The smallest absolute Gasteiger partial charge is 0.306 e. The van der Waals surface area contributed by atoms with Crippen molar-refractivity contribution < 1.29 is 19.8 Å². The Bertz CT molecular complexity index is 240. The van der Waals surface area contributed by atoms with Crippen molar-refractivity contribution >= 4 is 24.3 Å². The highest BCUT2D eigenvalue weighted by Gasteiger charge is 2.50. The first kappa shape index (κ1) is 11.3. The van der Waals surface area contributed by atoms with E-state index in [2.05, 4.69) is 0 Å². The zero-order chi connectivity index (χ0) is 9.59. The number of halogens is 1. The van der Waals surface area contributed by atoms with E-state index < -0.39 is 11.9 Å². The molecule has 0 amide bonds. The van der Waals surface area contributed by atoms with Gasteiger partial charge in [0.1, 0.15) is 0 Å². The highest BCUT2D eigenvalue weighted by Crippen LogP contribution is 2.51. The molecule has 5 heteroatoms. The highest BCUT2D eigenvalue weighted by molar-refractivity contribution is 5.85. The molecule has 4 unspecified atom stereocenters. The van der Waals surface area contributed by atoms with E-state index in [1.165, 1.54) is 0 Å². The van der Waals surface area contributed by atoms with Crippen molar-refractivity contribution in [2.45, 2.75) is 19.3 Å². The second-order valence-corrected chi connectivity index (χ2v) is 4.12. The number of carboxylic acid groups (broad SMARTS) is 2. The fourth-order valence-electron chi connectivity index (χ4n) is 2.88. The van der Waals surface area contributed by atoms with Crippen molar-refractivity contribution in [2.75, 3.05) is 0 Å². The van der Waals surface area contributed by atoms with Crippen LogP contribution in [0.25, 0.3) is 0 Å². The molecule has 0 aromatic heterocycles. The molecule has 2 N–H and O–H groups in total. The quantitative estimate of drug-likeness (QED) is 0.734. The number of hydrogen-bond donors (Lipinski definition) is 2. The van der Waals surface area contributed by atoms with E-state index in [0.717, 1.165) is 6.42 Å². The molecule has 0 aliphatic heterocycles. The summed E-state index contributed by atoms with van der Waals surface area (Å²) < 4.78 is 0. The van der Waals surface area contributed by atoms with Crippen LogP contribution in [0.4, 0.5) is 0 Å². The fourth-order valence-corrected chi connectivity index (χ4v) is 2.88. The minimum atomic E-state index is -0.753. The van der Waals surface area contributed by atoms with E-state index in [9.17, 15) is 9.59 Å². The van der Waals surface area contributed by atoms with Crippen LogP contribution in [-0.4, -0.2) is 22.2 Å². The number of rotatable bonds is 2. The molecule has 2 rings (SSSR count). The molecule has 2 aliphatic carbocycles. The van der Waals surface area contributed by atoms with Gasteiger partial charge in [-0.05, 0) is 31.1 Å². The normalized spacial score (nSPS) is 39.1. The molecule has 2 saturated carbocycles. The minimum Gasteiger partial charge on any atom is -0.481 e. The zero-order valence-corrected chi connectivity index (χ0v) is 8.37. The Hall–Kier alpha value is -0.770. The van der Waals surface area contributed by atoms with Crippen LogP contribution in [0.2, 0.25) is 0 Å². The Morgan fingerprint density at radius 3 is 1.43 bits per heavy atom. The highest BCUT2D eigenvalue weighted by atomic mass is 35.5. The molecular weight excluding hydrogens is 208 g/mol. The van der Waals surface area contributed by atoms with Gasteiger partial charge in [-0.1, -0.05) is 0 Å². The lowest BCUT2D eigenvalue weighted by molar-refractivity contribution is -0.148. The lowest BCUT2D eigenvalue weighted by Gasteiger charge is -2.22. The van der Waals surface area contributed by atoms with Gasteiger partial charge < -0.3 is 10.2 Å². The van der Waals surface area contributed by atoms with Crippen molar-refractivity contribution in [2.24, 2.45) is 23.7 Å². The summed E-state index contributed by atoms with van der Waals surface area (Å²) >= 11 is 0.